The Morgan fingerprint density at radius 2 is 1.42 bits per heavy atom. The zero-order chi connectivity index (χ0) is 14.7. The van der Waals surface area contributed by atoms with Gasteiger partial charge in [0.15, 0.2) is 0 Å². The van der Waals surface area contributed by atoms with E-state index in [1.807, 2.05) is 0 Å². The summed E-state index contributed by atoms with van der Waals surface area (Å²) in [6, 6.07) is 0. The second-order valence-corrected chi connectivity index (χ2v) is 7.54. The van der Waals surface area contributed by atoms with Crippen LogP contribution in [0.5, 0.6) is 0 Å². The van der Waals surface area contributed by atoms with Gasteiger partial charge < -0.3 is 24.3 Å². The van der Waals surface area contributed by atoms with Gasteiger partial charge in [0.25, 0.3) is 0 Å². The first kappa shape index (κ1) is 17.4. The molecule has 15 heteroatoms. The van der Waals surface area contributed by atoms with Crippen molar-refractivity contribution in [1.29, 1.82) is 0 Å². The smallest absolute Gasteiger partial charge is 0.379 e. The van der Waals surface area contributed by atoms with Gasteiger partial charge in [0, 0.05) is 13.1 Å². The Morgan fingerprint density at radius 3 is 1.89 bits per heavy atom. The summed E-state index contributed by atoms with van der Waals surface area (Å²) in [4.78, 5) is 34.7. The fourth-order valence-electron chi connectivity index (χ4n) is 1.07. The largest absolute Gasteiger partial charge is 0.497 e. The number of hydroxylamine groups is 2. The van der Waals surface area contributed by atoms with Gasteiger partial charge in [0.1, 0.15) is 0 Å². The molecular weight excluding hydrogens is 331 g/mol. The highest BCUT2D eigenvalue weighted by Gasteiger charge is 2.42. The molecule has 114 valence electrons. The minimum absolute atomic E-state index is 0.100. The second kappa shape index (κ2) is 6.40. The number of phosphoric acid groups is 3. The van der Waals surface area contributed by atoms with Crippen molar-refractivity contribution in [2.75, 3.05) is 26.3 Å². The predicted octanol–water partition coefficient (Wildman–Crippen LogP) is -0.423. The van der Waals surface area contributed by atoms with Crippen LogP contribution in [-0.4, -0.2) is 50.9 Å². The lowest BCUT2D eigenvalue weighted by Gasteiger charge is -2.27. The van der Waals surface area contributed by atoms with Crippen LogP contribution in [0, 0.1) is 0 Å². The van der Waals surface area contributed by atoms with E-state index in [0.717, 1.165) is 5.06 Å². The molecular formula is C4H12NO11P3. The monoisotopic (exact) mass is 343 g/mol. The van der Waals surface area contributed by atoms with Crippen LogP contribution in [0.15, 0.2) is 0 Å². The molecule has 0 spiro atoms. The molecule has 0 aromatic carbocycles. The van der Waals surface area contributed by atoms with Crippen LogP contribution in [0.2, 0.25) is 0 Å². The third kappa shape index (κ3) is 7.62. The zero-order valence-corrected chi connectivity index (χ0v) is 11.9. The second-order valence-electron chi connectivity index (χ2n) is 3.21. The molecule has 0 radical (unpaired) electrons. The molecule has 0 aromatic rings. The van der Waals surface area contributed by atoms with Gasteiger partial charge in [-0.05, 0) is 0 Å². The number of ether oxygens (including phenoxy) is 1. The maximum absolute atomic E-state index is 11.3. The average molecular weight is 343 g/mol. The van der Waals surface area contributed by atoms with E-state index in [0.29, 0.717) is 0 Å². The van der Waals surface area contributed by atoms with Crippen LogP contribution in [0.4, 0.5) is 0 Å². The number of morpholine rings is 1. The van der Waals surface area contributed by atoms with Gasteiger partial charge in [-0.1, -0.05) is 0 Å². The fraction of sp³-hybridized carbons (Fsp3) is 1.00. The maximum Gasteiger partial charge on any atom is 0.497 e. The molecule has 0 bridgehead atoms. The van der Waals surface area contributed by atoms with E-state index in [2.05, 4.69) is 13.2 Å². The number of nitrogens with zero attached hydrogens (tertiary/aromatic N) is 1. The highest BCUT2D eigenvalue weighted by Crippen LogP contribution is 2.66. The highest BCUT2D eigenvalue weighted by atomic mass is 31.3. The first-order valence-electron chi connectivity index (χ1n) is 4.65. The Morgan fingerprint density at radius 1 is 0.895 bits per heavy atom. The zero-order valence-electron chi connectivity index (χ0n) is 9.26. The summed E-state index contributed by atoms with van der Waals surface area (Å²) in [6.07, 6.45) is 0. The van der Waals surface area contributed by atoms with E-state index in [4.69, 9.17) is 24.3 Å². The lowest BCUT2D eigenvalue weighted by Crippen LogP contribution is -2.35. The molecule has 12 nitrogen and oxygen atoms in total. The molecule has 1 saturated heterocycles. The van der Waals surface area contributed by atoms with Crippen molar-refractivity contribution in [1.82, 2.24) is 5.06 Å². The Balaban J connectivity index is 2.60. The normalized spacial score (nSPS) is 24.6. The molecule has 1 aliphatic heterocycles. The number of hydrogen-bond acceptors (Lipinski definition) is 8. The number of rotatable bonds is 6. The first-order valence-corrected chi connectivity index (χ1v) is 9.17. The SMILES string of the molecule is O=P(O)(O)OP(=O)(O)OP(=O)(O)ON1CCOCC1. The van der Waals surface area contributed by atoms with Crippen molar-refractivity contribution >= 4 is 23.5 Å². The molecule has 2 unspecified atom stereocenters. The van der Waals surface area contributed by atoms with Gasteiger partial charge >= 0.3 is 23.5 Å². The van der Waals surface area contributed by atoms with E-state index in [9.17, 15) is 13.7 Å². The average Bonchev–Trinajstić information content (AvgIpc) is 2.11. The van der Waals surface area contributed by atoms with E-state index in [1.54, 1.807) is 0 Å². The van der Waals surface area contributed by atoms with E-state index in [-0.39, 0.29) is 26.3 Å². The Bertz CT molecular complexity index is 439. The summed E-state index contributed by atoms with van der Waals surface area (Å²) < 4.78 is 49.1. The van der Waals surface area contributed by atoms with Gasteiger partial charge in [0.05, 0.1) is 13.2 Å². The van der Waals surface area contributed by atoms with Crippen molar-refractivity contribution in [3.05, 3.63) is 0 Å². The van der Waals surface area contributed by atoms with Crippen molar-refractivity contribution in [3.63, 3.8) is 0 Å². The van der Waals surface area contributed by atoms with Crippen LogP contribution in [0.25, 0.3) is 0 Å². The van der Waals surface area contributed by atoms with Gasteiger partial charge in [-0.2, -0.15) is 18.3 Å². The molecule has 0 amide bonds. The van der Waals surface area contributed by atoms with Gasteiger partial charge in [-0.25, -0.2) is 13.7 Å². The topological polar surface area (TPSA) is 172 Å². The Kier molecular flexibility index (Phi) is 5.85. The summed E-state index contributed by atoms with van der Waals surface area (Å²) in [7, 11) is -15.9. The van der Waals surface area contributed by atoms with Crippen molar-refractivity contribution < 1.29 is 51.3 Å². The third-order valence-corrected chi connectivity index (χ3v) is 5.37. The highest BCUT2D eigenvalue weighted by molar-refractivity contribution is 7.66. The maximum atomic E-state index is 11.3. The van der Waals surface area contributed by atoms with Crippen LogP contribution in [-0.2, 0) is 31.7 Å². The summed E-state index contributed by atoms with van der Waals surface area (Å²) in [5, 5.41) is 0.946. The molecule has 2 atom stereocenters. The van der Waals surface area contributed by atoms with Gasteiger partial charge in [0.2, 0.25) is 0 Å². The van der Waals surface area contributed by atoms with Gasteiger partial charge in [-0.15, -0.1) is 0 Å². The molecule has 4 N–H and O–H groups in total. The standard InChI is InChI=1S/C4H12NO11P3/c6-17(7,8)15-19(11,12)16-18(9,10)14-5-1-3-13-4-2-5/h1-4H2,(H,9,10)(H,11,12)(H2,6,7,8). The van der Waals surface area contributed by atoms with Crippen LogP contribution in [0.1, 0.15) is 0 Å². The van der Waals surface area contributed by atoms with E-state index in [1.165, 1.54) is 0 Å². The molecule has 0 aliphatic carbocycles. The molecule has 0 saturated carbocycles. The minimum atomic E-state index is -5.46. The first-order chi connectivity index (χ1) is 8.49. The Labute approximate surface area is 107 Å². The molecule has 1 aliphatic rings. The minimum Gasteiger partial charge on any atom is -0.379 e. The lowest BCUT2D eigenvalue weighted by atomic mass is 10.5. The quantitative estimate of drug-likeness (QED) is 0.459. The van der Waals surface area contributed by atoms with E-state index < -0.39 is 23.5 Å². The van der Waals surface area contributed by atoms with Crippen LogP contribution >= 0.6 is 23.5 Å². The lowest BCUT2D eigenvalue weighted by molar-refractivity contribution is -0.131. The molecule has 1 rings (SSSR count). The molecule has 1 heterocycles. The summed E-state index contributed by atoms with van der Waals surface area (Å²) in [5.41, 5.74) is 0. The van der Waals surface area contributed by atoms with Crippen molar-refractivity contribution in [2.45, 2.75) is 0 Å². The van der Waals surface area contributed by atoms with E-state index >= 15 is 0 Å². The Hall–Kier alpha value is 0.330. The van der Waals surface area contributed by atoms with Crippen LogP contribution < -0.4 is 0 Å². The summed E-state index contributed by atoms with van der Waals surface area (Å²) >= 11 is 0. The fourth-order valence-corrected chi connectivity index (χ4v) is 4.15. The number of hydrogen-bond donors (Lipinski definition) is 4. The molecule has 0 aromatic heterocycles. The van der Waals surface area contributed by atoms with Crippen molar-refractivity contribution in [2.24, 2.45) is 0 Å². The summed E-state index contributed by atoms with van der Waals surface area (Å²) in [5.74, 6) is 0. The third-order valence-electron chi connectivity index (χ3n) is 1.60. The summed E-state index contributed by atoms with van der Waals surface area (Å²) in [6.45, 7) is 0.609. The predicted molar refractivity (Wildman–Crippen MR) is 57.3 cm³/mol. The van der Waals surface area contributed by atoms with Crippen molar-refractivity contribution in [3.8, 4) is 0 Å². The molecule has 1 fully saturated rings. The van der Waals surface area contributed by atoms with Gasteiger partial charge in [-0.3, -0.25) is 0 Å². The van der Waals surface area contributed by atoms with Crippen LogP contribution in [0.3, 0.4) is 0 Å². The molecule has 19 heavy (non-hydrogen) atoms.